The van der Waals surface area contributed by atoms with Gasteiger partial charge >= 0.3 is 0 Å². The molecule has 1 atom stereocenters. The molecule has 4 N–H and O–H groups in total. The van der Waals surface area contributed by atoms with Crippen LogP contribution in [0.25, 0.3) is 0 Å². The Morgan fingerprint density at radius 2 is 2.05 bits per heavy atom. The maximum atomic E-state index is 12.2. The van der Waals surface area contributed by atoms with E-state index in [2.05, 4.69) is 15.1 Å². The lowest BCUT2D eigenvalue weighted by Crippen LogP contribution is -2.57. The highest BCUT2D eigenvalue weighted by molar-refractivity contribution is 7.89. The van der Waals surface area contributed by atoms with E-state index < -0.39 is 27.5 Å². The van der Waals surface area contributed by atoms with Gasteiger partial charge in [-0.1, -0.05) is 13.8 Å². The molecular formula is C13H25N5O3S. The molecule has 0 spiro atoms. The minimum absolute atomic E-state index is 0.0192. The Morgan fingerprint density at radius 1 is 1.45 bits per heavy atom. The number of hydrogen-bond donors (Lipinski definition) is 3. The van der Waals surface area contributed by atoms with Gasteiger partial charge in [0.1, 0.15) is 4.90 Å². The van der Waals surface area contributed by atoms with Crippen LogP contribution in [0.2, 0.25) is 0 Å². The van der Waals surface area contributed by atoms with Crippen LogP contribution in [0.15, 0.2) is 17.3 Å². The first-order valence-electron chi connectivity index (χ1n) is 7.22. The molecule has 1 aromatic rings. The van der Waals surface area contributed by atoms with E-state index in [1.54, 1.807) is 7.05 Å². The van der Waals surface area contributed by atoms with Gasteiger partial charge in [0.15, 0.2) is 0 Å². The normalized spacial score (nSPS) is 13.9. The van der Waals surface area contributed by atoms with Crippen LogP contribution < -0.4 is 15.8 Å². The van der Waals surface area contributed by atoms with E-state index in [0.29, 0.717) is 19.4 Å². The number of amides is 1. The third kappa shape index (κ3) is 4.28. The number of carbonyl (C=O) groups excluding carboxylic acids is 1. The van der Waals surface area contributed by atoms with Crippen LogP contribution in [-0.4, -0.2) is 42.2 Å². The molecule has 8 nitrogen and oxygen atoms in total. The number of aryl methyl sites for hydroxylation is 1. The van der Waals surface area contributed by atoms with Crippen LogP contribution in [-0.2, 0) is 21.9 Å². The predicted molar refractivity (Wildman–Crippen MR) is 83.5 cm³/mol. The summed E-state index contributed by atoms with van der Waals surface area (Å²) < 4.78 is 28.1. The highest BCUT2D eigenvalue weighted by Crippen LogP contribution is 2.14. The summed E-state index contributed by atoms with van der Waals surface area (Å²) in [6.07, 6.45) is 3.95. The maximum absolute atomic E-state index is 12.2. The number of sulfonamides is 1. The first-order chi connectivity index (χ1) is 10.2. The van der Waals surface area contributed by atoms with Crippen molar-refractivity contribution in [3.8, 4) is 0 Å². The molecule has 1 heterocycles. The van der Waals surface area contributed by atoms with Crippen LogP contribution in [0, 0.1) is 0 Å². The Hall–Kier alpha value is -1.45. The number of nitrogens with zero attached hydrogens (tertiary/aromatic N) is 2. The molecule has 0 aliphatic rings. The van der Waals surface area contributed by atoms with Gasteiger partial charge in [-0.15, -0.1) is 0 Å². The molecule has 0 bridgehead atoms. The van der Waals surface area contributed by atoms with Crippen molar-refractivity contribution in [1.29, 1.82) is 0 Å². The Bertz CT molecular complexity index is 599. The number of rotatable bonds is 8. The van der Waals surface area contributed by atoms with Crippen molar-refractivity contribution in [1.82, 2.24) is 19.8 Å². The minimum Gasteiger partial charge on any atom is -0.348 e. The van der Waals surface area contributed by atoms with E-state index in [4.69, 9.17) is 5.73 Å². The first-order valence-corrected chi connectivity index (χ1v) is 8.71. The molecule has 0 radical (unpaired) electrons. The molecule has 0 saturated carbocycles. The summed E-state index contributed by atoms with van der Waals surface area (Å²) >= 11 is 0. The molecule has 22 heavy (non-hydrogen) atoms. The Labute approximate surface area is 131 Å². The Balaban J connectivity index is 2.80. The number of nitrogens with two attached hydrogens (primary N) is 1. The summed E-state index contributed by atoms with van der Waals surface area (Å²) in [7, 11) is -2.17. The van der Waals surface area contributed by atoms with Gasteiger partial charge in [0.25, 0.3) is 0 Å². The quantitative estimate of drug-likeness (QED) is 0.605. The fraction of sp³-hybridized carbons (Fsp3) is 0.692. The van der Waals surface area contributed by atoms with Gasteiger partial charge in [-0.3, -0.25) is 9.48 Å². The Morgan fingerprint density at radius 3 is 2.45 bits per heavy atom. The maximum Gasteiger partial charge on any atom is 0.244 e. The van der Waals surface area contributed by atoms with Crippen molar-refractivity contribution in [2.75, 3.05) is 6.54 Å². The summed E-state index contributed by atoms with van der Waals surface area (Å²) in [6.45, 7) is 5.66. The largest absolute Gasteiger partial charge is 0.348 e. The highest BCUT2D eigenvalue weighted by Gasteiger charge is 2.30. The summed E-state index contributed by atoms with van der Waals surface area (Å²) in [4.78, 5) is 12.3. The van der Waals surface area contributed by atoms with Crippen molar-refractivity contribution < 1.29 is 13.2 Å². The highest BCUT2D eigenvalue weighted by atomic mass is 32.2. The number of nitrogens with one attached hydrogen (secondary N) is 2. The molecule has 126 valence electrons. The van der Waals surface area contributed by atoms with E-state index in [1.807, 2.05) is 13.8 Å². The monoisotopic (exact) mass is 331 g/mol. The van der Waals surface area contributed by atoms with Gasteiger partial charge in [-0.05, 0) is 19.8 Å². The van der Waals surface area contributed by atoms with Gasteiger partial charge < -0.3 is 11.1 Å². The summed E-state index contributed by atoms with van der Waals surface area (Å²) in [5.41, 5.74) is 5.23. The Kier molecular flexibility index (Phi) is 6.09. The second kappa shape index (κ2) is 7.21. The first kappa shape index (κ1) is 18.6. The standard InChI is InChI=1S/C13H25N5O3S/c1-5-13(6-2,9-14)16-12(19)10(3)17-22(20,21)11-7-15-18(4)8-11/h7-8,10,17H,5-6,9,14H2,1-4H3,(H,16,19). The van der Waals surface area contributed by atoms with Crippen molar-refractivity contribution in [3.63, 3.8) is 0 Å². The second-order valence-electron chi connectivity index (χ2n) is 5.37. The molecular weight excluding hydrogens is 306 g/mol. The van der Waals surface area contributed by atoms with Crippen LogP contribution in [0.1, 0.15) is 33.6 Å². The number of aromatic nitrogens is 2. The van der Waals surface area contributed by atoms with E-state index in [9.17, 15) is 13.2 Å². The van der Waals surface area contributed by atoms with Crippen LogP contribution in [0.3, 0.4) is 0 Å². The molecule has 1 rings (SSSR count). The van der Waals surface area contributed by atoms with Gasteiger partial charge in [0.2, 0.25) is 15.9 Å². The fourth-order valence-corrected chi connectivity index (χ4v) is 3.21. The van der Waals surface area contributed by atoms with Gasteiger partial charge in [-0.25, -0.2) is 8.42 Å². The van der Waals surface area contributed by atoms with Crippen molar-refractivity contribution >= 4 is 15.9 Å². The van der Waals surface area contributed by atoms with Crippen LogP contribution in [0.5, 0.6) is 0 Å². The lowest BCUT2D eigenvalue weighted by molar-refractivity contribution is -0.124. The molecule has 1 amide bonds. The zero-order valence-electron chi connectivity index (χ0n) is 13.5. The predicted octanol–water partition coefficient (Wildman–Crippen LogP) is -0.279. The lowest BCUT2D eigenvalue weighted by Gasteiger charge is -2.32. The molecule has 0 fully saturated rings. The average molecular weight is 331 g/mol. The molecule has 1 aromatic heterocycles. The minimum atomic E-state index is -3.78. The van der Waals surface area contributed by atoms with Crippen molar-refractivity contribution in [2.45, 2.75) is 50.1 Å². The lowest BCUT2D eigenvalue weighted by atomic mass is 9.92. The number of hydrogen-bond acceptors (Lipinski definition) is 5. The fourth-order valence-electron chi connectivity index (χ4n) is 2.03. The smallest absolute Gasteiger partial charge is 0.244 e. The van der Waals surface area contributed by atoms with E-state index in [1.165, 1.54) is 24.0 Å². The summed E-state index contributed by atoms with van der Waals surface area (Å²) in [6, 6.07) is -0.908. The molecule has 9 heteroatoms. The zero-order chi connectivity index (χ0) is 17.0. The van der Waals surface area contributed by atoms with Crippen LogP contribution in [0.4, 0.5) is 0 Å². The topological polar surface area (TPSA) is 119 Å². The van der Waals surface area contributed by atoms with Crippen molar-refractivity contribution in [3.05, 3.63) is 12.4 Å². The van der Waals surface area contributed by atoms with E-state index in [-0.39, 0.29) is 4.90 Å². The SMILES string of the molecule is CCC(CC)(CN)NC(=O)C(C)NS(=O)(=O)c1cnn(C)c1. The molecule has 0 aromatic carbocycles. The third-order valence-corrected chi connectivity index (χ3v) is 5.34. The third-order valence-electron chi connectivity index (χ3n) is 3.85. The van der Waals surface area contributed by atoms with E-state index in [0.717, 1.165) is 0 Å². The molecule has 0 aliphatic heterocycles. The van der Waals surface area contributed by atoms with Gasteiger partial charge in [-0.2, -0.15) is 9.82 Å². The summed E-state index contributed by atoms with van der Waals surface area (Å²) in [5.74, 6) is -0.401. The number of carbonyl (C=O) groups is 1. The van der Waals surface area contributed by atoms with Gasteiger partial charge in [0, 0.05) is 19.8 Å². The van der Waals surface area contributed by atoms with Crippen LogP contribution >= 0.6 is 0 Å². The molecule has 0 saturated heterocycles. The summed E-state index contributed by atoms with van der Waals surface area (Å²) in [5, 5.41) is 6.66. The van der Waals surface area contributed by atoms with Crippen molar-refractivity contribution in [2.24, 2.45) is 12.8 Å². The average Bonchev–Trinajstić information content (AvgIpc) is 2.92. The molecule has 1 unspecified atom stereocenters. The van der Waals surface area contributed by atoms with Gasteiger partial charge in [0.05, 0.1) is 17.8 Å². The second-order valence-corrected chi connectivity index (χ2v) is 7.09. The molecule has 0 aliphatic carbocycles. The zero-order valence-corrected chi connectivity index (χ0v) is 14.3. The van der Waals surface area contributed by atoms with E-state index >= 15 is 0 Å².